The number of aromatic nitrogens is 1. The maximum absolute atomic E-state index is 13.9. The van der Waals surface area contributed by atoms with Crippen LogP contribution in [0, 0.1) is 5.82 Å². The number of quaternary nitrogens is 1. The van der Waals surface area contributed by atoms with E-state index in [1.807, 2.05) is 23.5 Å². The van der Waals surface area contributed by atoms with Crippen molar-refractivity contribution in [1.29, 1.82) is 0 Å². The molecule has 2 atom stereocenters. The fourth-order valence-corrected chi connectivity index (χ4v) is 4.80. The molecule has 1 N–H and O–H groups in total. The predicted octanol–water partition coefficient (Wildman–Crippen LogP) is 3.41. The molecule has 1 aliphatic heterocycles. The zero-order valence-electron chi connectivity index (χ0n) is 14.3. The molecule has 0 spiro atoms. The van der Waals surface area contributed by atoms with Crippen LogP contribution < -0.4 is 9.64 Å². The molecule has 1 aliphatic rings. The van der Waals surface area contributed by atoms with Crippen molar-refractivity contribution in [3.63, 3.8) is 0 Å². The van der Waals surface area contributed by atoms with Crippen LogP contribution in [0.2, 0.25) is 0 Å². The number of likely N-dealkylation sites (tertiary alicyclic amines) is 1. The molecule has 2 aromatic carbocycles. The largest absolute Gasteiger partial charge is 0.494 e. The van der Waals surface area contributed by atoms with Crippen LogP contribution in [0.4, 0.5) is 4.39 Å². The second-order valence-corrected chi connectivity index (χ2v) is 7.77. The first kappa shape index (κ1) is 16.5. The zero-order chi connectivity index (χ0) is 17.2. The van der Waals surface area contributed by atoms with Crippen LogP contribution in [0.1, 0.15) is 29.3 Å². The number of para-hydroxylation sites is 1. The average molecular weight is 357 g/mol. The van der Waals surface area contributed by atoms with Crippen LogP contribution in [-0.4, -0.2) is 25.2 Å². The molecule has 3 aromatic rings. The van der Waals surface area contributed by atoms with Gasteiger partial charge in [0.15, 0.2) is 11.6 Å². The van der Waals surface area contributed by atoms with Crippen LogP contribution >= 0.6 is 11.3 Å². The Balaban J connectivity index is 1.48. The third-order valence-corrected chi connectivity index (χ3v) is 6.15. The van der Waals surface area contributed by atoms with Crippen LogP contribution in [0.3, 0.4) is 0 Å². The maximum Gasteiger partial charge on any atom is 0.165 e. The van der Waals surface area contributed by atoms with E-state index in [1.54, 1.807) is 12.1 Å². The highest BCUT2D eigenvalue weighted by Gasteiger charge is 2.27. The van der Waals surface area contributed by atoms with Crippen molar-refractivity contribution in [2.45, 2.75) is 25.3 Å². The molecular weight excluding hydrogens is 335 g/mol. The molecule has 3 nitrogen and oxygen atoms in total. The fourth-order valence-electron chi connectivity index (χ4n) is 3.70. The molecule has 0 saturated carbocycles. The molecule has 0 amide bonds. The van der Waals surface area contributed by atoms with Crippen molar-refractivity contribution in [3.8, 4) is 5.75 Å². The first-order chi connectivity index (χ1) is 12.2. The van der Waals surface area contributed by atoms with E-state index in [9.17, 15) is 4.39 Å². The lowest BCUT2D eigenvalue weighted by Crippen LogP contribution is -3.12. The Labute approximate surface area is 151 Å². The van der Waals surface area contributed by atoms with Gasteiger partial charge in [0.05, 0.1) is 36.3 Å². The lowest BCUT2D eigenvalue weighted by Gasteiger charge is -2.29. The van der Waals surface area contributed by atoms with E-state index in [0.29, 0.717) is 11.7 Å². The average Bonchev–Trinajstić information content (AvgIpc) is 3.06. The summed E-state index contributed by atoms with van der Waals surface area (Å²) in [5, 5.41) is 1.25. The van der Waals surface area contributed by atoms with Gasteiger partial charge in [-0.05, 0) is 43.2 Å². The summed E-state index contributed by atoms with van der Waals surface area (Å²) in [6.45, 7) is 3.05. The molecular formula is C20H22FN2OS+. The lowest BCUT2D eigenvalue weighted by molar-refractivity contribution is -0.920. The highest BCUT2D eigenvalue weighted by molar-refractivity contribution is 7.18. The molecule has 1 fully saturated rings. The van der Waals surface area contributed by atoms with E-state index in [2.05, 4.69) is 18.2 Å². The minimum atomic E-state index is -0.279. The Morgan fingerprint density at radius 1 is 1.28 bits per heavy atom. The first-order valence-electron chi connectivity index (χ1n) is 8.74. The Morgan fingerprint density at radius 2 is 2.16 bits per heavy atom. The second-order valence-electron chi connectivity index (χ2n) is 6.71. The van der Waals surface area contributed by atoms with Gasteiger partial charge in [0.1, 0.15) is 11.6 Å². The van der Waals surface area contributed by atoms with Crippen molar-refractivity contribution in [3.05, 3.63) is 58.9 Å². The zero-order valence-corrected chi connectivity index (χ0v) is 15.1. The second kappa shape index (κ2) is 7.10. The predicted molar refractivity (Wildman–Crippen MR) is 98.9 cm³/mol. The van der Waals surface area contributed by atoms with Gasteiger partial charge < -0.3 is 9.64 Å². The molecule has 0 radical (unpaired) electrons. The molecule has 0 bridgehead atoms. The minimum absolute atomic E-state index is 0.279. The normalized spacial score (nSPS) is 20.7. The molecule has 4 rings (SSSR count). The van der Waals surface area contributed by atoms with Crippen LogP contribution in [0.5, 0.6) is 5.75 Å². The molecule has 1 unspecified atom stereocenters. The number of nitrogens with zero attached hydrogens (tertiary/aromatic N) is 1. The van der Waals surface area contributed by atoms with E-state index in [0.717, 1.165) is 30.7 Å². The van der Waals surface area contributed by atoms with Crippen molar-refractivity contribution < 1.29 is 14.0 Å². The third-order valence-electron chi connectivity index (χ3n) is 4.95. The molecule has 25 heavy (non-hydrogen) atoms. The summed E-state index contributed by atoms with van der Waals surface area (Å²) < 4.78 is 20.2. The standard InChI is InChI=1S/C20H21FN2OS/c1-24-18-9-8-14(11-16(18)21)12-23-10-4-5-15(13-23)20-22-17-6-2-3-7-19(17)25-20/h2-3,6-9,11,15H,4-5,10,12-13H2,1H3/p+1/t15-/m0/s1. The highest BCUT2D eigenvalue weighted by Crippen LogP contribution is 2.30. The number of hydrogen-bond donors (Lipinski definition) is 1. The number of fused-ring (bicyclic) bond motifs is 1. The topological polar surface area (TPSA) is 26.6 Å². The molecule has 2 heterocycles. The van der Waals surface area contributed by atoms with Crippen molar-refractivity contribution in [1.82, 2.24) is 4.98 Å². The summed E-state index contributed by atoms with van der Waals surface area (Å²) in [6, 6.07) is 13.6. The van der Waals surface area contributed by atoms with Crippen LogP contribution in [0.15, 0.2) is 42.5 Å². The third kappa shape index (κ3) is 3.53. The summed E-state index contributed by atoms with van der Waals surface area (Å²) in [7, 11) is 1.50. The van der Waals surface area contributed by atoms with E-state index >= 15 is 0 Å². The quantitative estimate of drug-likeness (QED) is 0.775. The van der Waals surface area contributed by atoms with Gasteiger partial charge in [0, 0.05) is 5.56 Å². The van der Waals surface area contributed by atoms with Crippen molar-refractivity contribution >= 4 is 21.6 Å². The van der Waals surface area contributed by atoms with Gasteiger partial charge in [0.2, 0.25) is 0 Å². The molecule has 130 valence electrons. The Morgan fingerprint density at radius 3 is 2.96 bits per heavy atom. The van der Waals surface area contributed by atoms with Gasteiger partial charge in [0.25, 0.3) is 0 Å². The van der Waals surface area contributed by atoms with E-state index in [-0.39, 0.29) is 5.82 Å². The van der Waals surface area contributed by atoms with Crippen LogP contribution in [0.25, 0.3) is 10.2 Å². The molecule has 5 heteroatoms. The number of benzene rings is 2. The van der Waals surface area contributed by atoms with Crippen LogP contribution in [-0.2, 0) is 6.54 Å². The van der Waals surface area contributed by atoms with Gasteiger partial charge in [-0.1, -0.05) is 12.1 Å². The number of ether oxygens (including phenoxy) is 1. The van der Waals surface area contributed by atoms with Crippen molar-refractivity contribution in [2.24, 2.45) is 0 Å². The Bertz CT molecular complexity index is 846. The van der Waals surface area contributed by atoms with E-state index in [4.69, 9.17) is 9.72 Å². The molecule has 0 aliphatic carbocycles. The maximum atomic E-state index is 13.9. The van der Waals surface area contributed by atoms with Gasteiger partial charge in [-0.2, -0.15) is 0 Å². The highest BCUT2D eigenvalue weighted by atomic mass is 32.1. The molecule has 1 aromatic heterocycles. The van der Waals surface area contributed by atoms with Gasteiger partial charge in [-0.25, -0.2) is 9.37 Å². The fraction of sp³-hybridized carbons (Fsp3) is 0.350. The smallest absolute Gasteiger partial charge is 0.165 e. The summed E-state index contributed by atoms with van der Waals surface area (Å²) in [6.07, 6.45) is 2.38. The van der Waals surface area contributed by atoms with Gasteiger partial charge in [-0.3, -0.25) is 0 Å². The summed E-state index contributed by atoms with van der Waals surface area (Å²) in [4.78, 5) is 6.34. The summed E-state index contributed by atoms with van der Waals surface area (Å²) in [5.74, 6) is 0.535. The monoisotopic (exact) mass is 357 g/mol. The van der Waals surface area contributed by atoms with Gasteiger partial charge >= 0.3 is 0 Å². The Hall–Kier alpha value is -1.98. The van der Waals surface area contributed by atoms with E-state index in [1.165, 1.54) is 34.6 Å². The number of hydrogen-bond acceptors (Lipinski definition) is 3. The van der Waals surface area contributed by atoms with E-state index < -0.39 is 0 Å². The Kier molecular flexibility index (Phi) is 4.68. The SMILES string of the molecule is COc1ccc(C[NH+]2CCC[C@H](c3nc4ccccc4s3)C2)cc1F. The lowest BCUT2D eigenvalue weighted by atomic mass is 9.98. The number of thiazole rings is 1. The number of methoxy groups -OCH3 is 1. The number of halogens is 1. The first-order valence-corrected chi connectivity index (χ1v) is 9.56. The minimum Gasteiger partial charge on any atom is -0.494 e. The summed E-state index contributed by atoms with van der Waals surface area (Å²) in [5.41, 5.74) is 2.13. The molecule has 1 saturated heterocycles. The number of nitrogens with one attached hydrogen (secondary N) is 1. The van der Waals surface area contributed by atoms with Crippen molar-refractivity contribution in [2.75, 3.05) is 20.2 Å². The summed E-state index contributed by atoms with van der Waals surface area (Å²) >= 11 is 1.82. The number of piperidine rings is 1. The van der Waals surface area contributed by atoms with Gasteiger partial charge in [-0.15, -0.1) is 11.3 Å². The number of rotatable bonds is 4.